The molecular formula is C42H91N3O10P2. The molecule has 0 aromatic heterocycles. The summed E-state index contributed by atoms with van der Waals surface area (Å²) in [5.41, 5.74) is -1.77. The van der Waals surface area contributed by atoms with E-state index in [2.05, 4.69) is 107 Å². The smallest absolute Gasteiger partial charge is 0.210 e. The van der Waals surface area contributed by atoms with E-state index in [4.69, 9.17) is 41.3 Å². The lowest BCUT2D eigenvalue weighted by Crippen LogP contribution is -2.44. The molecule has 4 aliphatic heterocycles. The molecule has 0 amide bonds. The van der Waals surface area contributed by atoms with Crippen molar-refractivity contribution in [2.24, 2.45) is 0 Å². The van der Waals surface area contributed by atoms with Gasteiger partial charge in [0.15, 0.2) is 0 Å². The highest BCUT2D eigenvalue weighted by atomic mass is 31.2. The van der Waals surface area contributed by atoms with E-state index in [1.54, 1.807) is 21.1 Å². The first-order chi connectivity index (χ1) is 29.5. The van der Waals surface area contributed by atoms with Crippen LogP contribution in [0.4, 0.5) is 0 Å². The van der Waals surface area contributed by atoms with Crippen LogP contribution < -0.4 is 0 Å². The number of aliphatic hydroxyl groups excluding tert-OH is 3. The molecule has 4 fully saturated rings. The molecule has 4 saturated heterocycles. The van der Waals surface area contributed by atoms with Gasteiger partial charge in [0.25, 0.3) is 0 Å². The van der Waals surface area contributed by atoms with Gasteiger partial charge >= 0.3 is 0 Å². The maximum Gasteiger partial charge on any atom is 0.210 e. The van der Waals surface area contributed by atoms with E-state index in [1.165, 1.54) is 20.4 Å². The molecule has 0 aromatic rings. The third kappa shape index (κ3) is 15.9. The van der Waals surface area contributed by atoms with Crippen LogP contribution in [0.3, 0.4) is 0 Å². The molecule has 0 spiro atoms. The Kier molecular flexibility index (Phi) is 23.1. The van der Waals surface area contributed by atoms with Gasteiger partial charge in [-0.2, -0.15) is 0 Å². The Hall–Kier alpha value is 0.340. The van der Waals surface area contributed by atoms with Gasteiger partial charge in [0.1, 0.15) is 43.9 Å². The van der Waals surface area contributed by atoms with Crippen LogP contribution in [0.5, 0.6) is 0 Å². The Bertz CT molecular complexity index is 1140. The zero-order valence-electron chi connectivity index (χ0n) is 45.1. The quantitative estimate of drug-likeness (QED) is 0.0899. The zero-order valence-corrected chi connectivity index (χ0v) is 40.9. The van der Waals surface area contributed by atoms with Crippen LogP contribution in [-0.2, 0) is 32.9 Å². The number of aliphatic hydroxyl groups is 3. The summed E-state index contributed by atoms with van der Waals surface area (Å²) >= 11 is 0. The van der Waals surface area contributed by atoms with Crippen molar-refractivity contribution in [3.63, 3.8) is 0 Å². The summed E-state index contributed by atoms with van der Waals surface area (Å²) in [6, 6.07) is 3.05. The zero-order chi connectivity index (χ0) is 49.0. The van der Waals surface area contributed by atoms with E-state index in [-0.39, 0.29) is 40.3 Å². The highest BCUT2D eigenvalue weighted by molar-refractivity contribution is 7.52. The minimum atomic E-state index is -0.947. The van der Waals surface area contributed by atoms with E-state index in [0.29, 0.717) is 42.9 Å². The molecule has 4 bridgehead atoms. The van der Waals surface area contributed by atoms with E-state index in [0.717, 1.165) is 25.6 Å². The highest BCUT2D eigenvalue weighted by Crippen LogP contribution is 2.53. The second-order valence-corrected chi connectivity index (χ2v) is 20.4. The second kappa shape index (κ2) is 28.1. The minimum Gasteiger partial charge on any atom is -0.400 e. The Morgan fingerprint density at radius 1 is 0.702 bits per heavy atom. The van der Waals surface area contributed by atoms with Crippen molar-refractivity contribution < 1.29 is 53.8 Å². The predicted molar refractivity (Wildman–Crippen MR) is 237 cm³/mol. The van der Waals surface area contributed by atoms with Gasteiger partial charge in [-0.3, -0.25) is 14.0 Å². The monoisotopic (exact) mass is 870 g/mol. The third-order valence-corrected chi connectivity index (χ3v) is 16.4. The molecular weight excluding hydrogens is 768 g/mol. The first-order valence-electron chi connectivity index (χ1n) is 24.2. The van der Waals surface area contributed by atoms with Crippen LogP contribution in [-0.4, -0.2) is 183 Å². The molecule has 0 radical (unpaired) electrons. The summed E-state index contributed by atoms with van der Waals surface area (Å²) in [7, 11) is 4.94. The number of nitrogens with zero attached hydrogens (tertiary/aromatic N) is 3. The van der Waals surface area contributed by atoms with Gasteiger partial charge in [0, 0.05) is 95.0 Å². The summed E-state index contributed by atoms with van der Waals surface area (Å²) in [5, 5.41) is 16.6. The molecule has 4 aliphatic rings. The fraction of sp³-hybridized carbons (Fsp3) is 1.00. The maximum absolute atomic E-state index is 9.63. The lowest BCUT2D eigenvalue weighted by molar-refractivity contribution is -0.133. The lowest BCUT2D eigenvalue weighted by atomic mass is 9.96. The maximum atomic E-state index is 9.63. The third-order valence-electron chi connectivity index (χ3n) is 10.1. The molecule has 4 rings (SSSR count). The van der Waals surface area contributed by atoms with Crippen LogP contribution in [0.1, 0.15) is 129 Å². The molecule has 1 unspecified atom stereocenters. The number of fused-ring (bicyclic) bond motifs is 4. The molecule has 15 heteroatoms. The molecule has 0 aliphatic carbocycles. The van der Waals surface area contributed by atoms with Gasteiger partial charge in [-0.15, -0.1) is 0 Å². The Balaban J connectivity index is 0.000000898. The van der Waals surface area contributed by atoms with Crippen LogP contribution in [0, 0.1) is 0 Å². The number of hydrogen-bond donors (Lipinski definition) is 3. The summed E-state index contributed by atoms with van der Waals surface area (Å²) in [5.74, 6) is 0. The highest BCUT2D eigenvalue weighted by Gasteiger charge is 2.60. The molecule has 3 N–H and O–H groups in total. The molecule has 4 heterocycles. The van der Waals surface area contributed by atoms with Crippen molar-refractivity contribution in [2.75, 3.05) is 67.1 Å². The van der Waals surface area contributed by atoms with Crippen molar-refractivity contribution >= 4 is 16.5 Å². The first-order valence-corrected chi connectivity index (χ1v) is 23.6. The number of ether oxygens (including phenoxy) is 6. The average molecular weight is 870 g/mol. The van der Waals surface area contributed by atoms with E-state index in [9.17, 15) is 5.11 Å². The molecule has 13 nitrogen and oxygen atoms in total. The van der Waals surface area contributed by atoms with Crippen molar-refractivity contribution in [2.45, 2.75) is 208 Å². The van der Waals surface area contributed by atoms with Gasteiger partial charge in [0.05, 0.1) is 28.1 Å². The van der Waals surface area contributed by atoms with Gasteiger partial charge in [0.2, 0.25) is 2.86 Å². The van der Waals surface area contributed by atoms with Crippen LogP contribution in [0.25, 0.3) is 0 Å². The first kappa shape index (κ1) is 46.8. The van der Waals surface area contributed by atoms with Gasteiger partial charge < -0.3 is 48.3 Å². The van der Waals surface area contributed by atoms with E-state index in [1.807, 2.05) is 6.92 Å². The number of hydrogen-bond acceptors (Lipinski definition) is 13. The number of rotatable bonds is 19. The summed E-state index contributed by atoms with van der Waals surface area (Å²) < 4.78 is 89.4. The van der Waals surface area contributed by atoms with Gasteiger partial charge in [-0.05, 0) is 130 Å². The van der Waals surface area contributed by atoms with Gasteiger partial charge in [-0.25, -0.2) is 0 Å². The fourth-order valence-corrected chi connectivity index (χ4v) is 13.4. The predicted octanol–water partition coefficient (Wildman–Crippen LogP) is 7.13. The molecule has 0 aromatic carbocycles. The lowest BCUT2D eigenvalue weighted by Gasteiger charge is -2.47. The SMILES string of the molecule is COCCCP(N(C(C)C)C(C)C)N(C(C)C)C(C)C.[2H]C[C@]12O[C@H]([3H])[C@H](O[C@H]1C)[C@@H]2O.[2H]C[C@]12O[C@H]([3H])[C@H](O[C@H]1C)[C@@H]2OP(CCCOC)N(C(C)C)C(C)C.[3H]OC.[3H]OC. The second-order valence-electron chi connectivity index (χ2n) is 16.4. The molecule has 0 saturated carbocycles. The fourth-order valence-electron chi connectivity index (χ4n) is 7.72. The van der Waals surface area contributed by atoms with E-state index < -0.39 is 51.0 Å². The Morgan fingerprint density at radius 2 is 1.09 bits per heavy atom. The number of methoxy groups -OCH3 is 2. The van der Waals surface area contributed by atoms with E-state index >= 15 is 0 Å². The van der Waals surface area contributed by atoms with Crippen LogP contribution >= 0.6 is 16.5 Å². The normalized spacial score (nSPS) is 33.4. The van der Waals surface area contributed by atoms with Crippen molar-refractivity contribution in [3.05, 3.63) is 0 Å². The topological polar surface area (TPSA) is 135 Å². The summed E-state index contributed by atoms with van der Waals surface area (Å²) in [6.07, 6.45) is 1.56. The van der Waals surface area contributed by atoms with Gasteiger partial charge in [-0.1, -0.05) is 0 Å². The summed E-state index contributed by atoms with van der Waals surface area (Å²) in [6.45, 7) is 31.0. The molecule has 344 valence electrons. The van der Waals surface area contributed by atoms with Crippen LogP contribution in [0.15, 0.2) is 0 Å². The van der Waals surface area contributed by atoms with Crippen molar-refractivity contribution in [3.8, 4) is 0 Å². The Morgan fingerprint density at radius 3 is 1.46 bits per heavy atom. The summed E-state index contributed by atoms with van der Waals surface area (Å²) in [4.78, 5) is 0. The average Bonchev–Trinajstić information content (AvgIpc) is 3.79. The standard InChI is InChI=1S/C17H34NO4P.C16H37N2OP.C7H12O3.2CH4O/c1-12(2)18(13(3)4)23(10-8-9-19-7)22-16-15-11-20-17(16,6)14(5)21-15;1-13(2)17(14(3)4)20(12-10-11-19-9)18(15(5)6)16(7)8;1-4-7(2)6(8)5(10-4)3-9-7;2*1-2/h12-16H,8-11H2,1-7H3;13-16H,10-12H2,1-9H3;4-6,8H,3H2,1-2H3;2*2H,1H3/t14-,15-,16-,17-,23?;;4-,5-,6-,7-;;/m0.0../s1/i6D,11T;;2D,3T;2*2T/t11-,14+,15+,16+,17+,23?;;3-,4+,5+,6+,7+;;/m1.1... The van der Waals surface area contributed by atoms with Crippen LogP contribution in [0.2, 0.25) is 0 Å². The van der Waals surface area contributed by atoms with Crippen molar-refractivity contribution in [1.82, 2.24) is 14.0 Å². The molecule has 57 heavy (non-hydrogen) atoms. The largest absolute Gasteiger partial charge is 0.400 e. The Labute approximate surface area is 361 Å². The minimum absolute atomic E-state index is 0.0509. The molecule has 11 atom stereocenters. The van der Waals surface area contributed by atoms with Crippen molar-refractivity contribution in [1.29, 1.82) is 2.86 Å².